The van der Waals surface area contributed by atoms with E-state index >= 15 is 0 Å². The average molecular weight is 650 g/mol. The van der Waals surface area contributed by atoms with Crippen molar-refractivity contribution < 1.29 is 23.1 Å². The minimum absolute atomic E-state index is 0.00646. The van der Waals surface area contributed by atoms with Gasteiger partial charge in [-0.3, -0.25) is 0 Å². The van der Waals surface area contributed by atoms with Crippen LogP contribution in [0.1, 0.15) is 25.8 Å². The Bertz CT molecular complexity index is 1430. The first-order chi connectivity index (χ1) is 20.5. The highest BCUT2D eigenvalue weighted by Crippen LogP contribution is 2.30. The van der Waals surface area contributed by atoms with Gasteiger partial charge in [-0.1, -0.05) is 55.5 Å². The number of rotatable bonds is 15. The number of likely N-dealkylation sites (N-methyl/N-ethyl adjacent to an activating group) is 1. The normalized spacial score (nSPS) is 17.1. The topological polar surface area (TPSA) is 124 Å². The molecule has 1 aromatic heterocycles. The van der Waals surface area contributed by atoms with Crippen molar-refractivity contribution in [3.63, 3.8) is 0 Å². The first kappa shape index (κ1) is 33.5. The number of aliphatic hydroxyl groups excluding tert-OH is 1. The van der Waals surface area contributed by atoms with E-state index in [1.54, 1.807) is 30.0 Å². The Labute approximate surface area is 263 Å². The number of nitrogens with one attached hydrogen (secondary N) is 2. The van der Waals surface area contributed by atoms with Crippen molar-refractivity contribution >= 4 is 54.6 Å². The summed E-state index contributed by atoms with van der Waals surface area (Å²) in [5, 5.41) is 18.3. The molecular formula is C30H43N5O5S3. The van der Waals surface area contributed by atoms with Crippen LogP contribution >= 0.6 is 23.1 Å². The highest BCUT2D eigenvalue weighted by atomic mass is 32.2. The van der Waals surface area contributed by atoms with Gasteiger partial charge in [-0.15, -0.1) is 0 Å². The molecule has 10 nitrogen and oxygen atoms in total. The molecule has 236 valence electrons. The number of hydrogen-bond acceptors (Lipinski definition) is 10. The summed E-state index contributed by atoms with van der Waals surface area (Å²) in [5.74, 6) is 1.70. The molecule has 0 saturated carbocycles. The molecule has 1 aliphatic rings. The molecule has 1 saturated heterocycles. The van der Waals surface area contributed by atoms with Crippen molar-refractivity contribution in [3.05, 3.63) is 54.1 Å². The van der Waals surface area contributed by atoms with Gasteiger partial charge in [0, 0.05) is 31.9 Å². The number of carbonyl (C=O) groups excluding carboxylic acids is 1. The first-order valence-electron chi connectivity index (χ1n) is 14.6. The zero-order valence-corrected chi connectivity index (χ0v) is 27.7. The molecular weight excluding hydrogens is 607 g/mol. The van der Waals surface area contributed by atoms with E-state index in [0.29, 0.717) is 6.42 Å². The van der Waals surface area contributed by atoms with E-state index in [4.69, 9.17) is 4.74 Å². The number of aliphatic hydroxyl groups is 1. The monoisotopic (exact) mass is 649 g/mol. The summed E-state index contributed by atoms with van der Waals surface area (Å²) in [7, 11) is 0.0200. The van der Waals surface area contributed by atoms with Crippen LogP contribution in [-0.2, 0) is 21.2 Å². The number of ether oxygens (including phenoxy) is 1. The van der Waals surface area contributed by atoms with Gasteiger partial charge in [-0.05, 0) is 62.4 Å². The lowest BCUT2D eigenvalue weighted by molar-refractivity contribution is 0.0769. The van der Waals surface area contributed by atoms with E-state index < -0.39 is 28.3 Å². The molecule has 1 aliphatic heterocycles. The summed E-state index contributed by atoms with van der Waals surface area (Å²) in [6.07, 6.45) is -0.831. The van der Waals surface area contributed by atoms with E-state index in [0.717, 1.165) is 51.9 Å². The van der Waals surface area contributed by atoms with Gasteiger partial charge in [-0.25, -0.2) is 18.2 Å². The van der Waals surface area contributed by atoms with Crippen LogP contribution in [0.15, 0.2) is 53.4 Å². The number of sulfonamides is 1. The van der Waals surface area contributed by atoms with Crippen molar-refractivity contribution in [2.75, 3.05) is 57.1 Å². The van der Waals surface area contributed by atoms with E-state index in [1.165, 1.54) is 15.6 Å². The number of amides is 1. The van der Waals surface area contributed by atoms with Crippen molar-refractivity contribution in [1.82, 2.24) is 19.5 Å². The van der Waals surface area contributed by atoms with Gasteiger partial charge in [0.2, 0.25) is 10.0 Å². The Morgan fingerprint density at radius 1 is 1.16 bits per heavy atom. The van der Waals surface area contributed by atoms with Crippen molar-refractivity contribution in [1.29, 1.82) is 0 Å². The summed E-state index contributed by atoms with van der Waals surface area (Å²) < 4.78 is 35.7. The molecule has 3 aromatic rings. The molecule has 3 N–H and O–H groups in total. The highest BCUT2D eigenvalue weighted by molar-refractivity contribution is 7.99. The number of hydrogen-bond donors (Lipinski definition) is 3. The number of aromatic nitrogens is 1. The molecule has 0 radical (unpaired) electrons. The van der Waals surface area contributed by atoms with Crippen LogP contribution in [0.2, 0.25) is 0 Å². The van der Waals surface area contributed by atoms with E-state index in [9.17, 15) is 18.3 Å². The summed E-state index contributed by atoms with van der Waals surface area (Å²) in [5.41, 5.74) is 1.63. The second-order valence-electron chi connectivity index (χ2n) is 11.5. The maximum absolute atomic E-state index is 14.0. The second-order valence-corrected chi connectivity index (χ2v) is 15.6. The molecule has 0 aliphatic carbocycles. The lowest BCUT2D eigenvalue weighted by atomic mass is 10.0. The van der Waals surface area contributed by atoms with Crippen LogP contribution in [0.3, 0.4) is 0 Å². The van der Waals surface area contributed by atoms with Crippen LogP contribution in [0, 0.1) is 5.92 Å². The molecule has 1 unspecified atom stereocenters. The molecule has 43 heavy (non-hydrogen) atoms. The lowest BCUT2D eigenvalue weighted by Gasteiger charge is -2.30. The van der Waals surface area contributed by atoms with Crippen LogP contribution in [0.5, 0.6) is 0 Å². The van der Waals surface area contributed by atoms with E-state index in [-0.39, 0.29) is 30.0 Å². The standard InChI is InChI=1S/C30H43N5O5S3/c1-21(2)18-35(43(38,39)24-10-11-25-28(17-24)42-29(32-25)31-13-14-34(3)4)19-27(36)26(16-22-8-6-5-7-9-22)33-30(37)40-23-12-15-41-20-23/h5-11,17,21,23,26-27,36H,12-16,18-20H2,1-4H3,(H,31,32)(H,33,37)/t23?,26-,27+/m0/s1. The predicted octanol–water partition coefficient (Wildman–Crippen LogP) is 4.12. The summed E-state index contributed by atoms with van der Waals surface area (Å²) in [6.45, 7) is 5.46. The maximum atomic E-state index is 14.0. The summed E-state index contributed by atoms with van der Waals surface area (Å²) >= 11 is 3.15. The van der Waals surface area contributed by atoms with Crippen molar-refractivity contribution in [3.8, 4) is 0 Å². The fourth-order valence-electron chi connectivity index (χ4n) is 4.78. The minimum atomic E-state index is -3.98. The third-order valence-electron chi connectivity index (χ3n) is 7.02. The van der Waals surface area contributed by atoms with E-state index in [1.807, 2.05) is 58.3 Å². The Kier molecular flexibility index (Phi) is 12.1. The Hall–Kier alpha value is -2.42. The third kappa shape index (κ3) is 9.79. The number of fused-ring (bicyclic) bond motifs is 1. The number of alkyl carbamates (subject to hydrolysis) is 1. The minimum Gasteiger partial charge on any atom is -0.445 e. The quantitative estimate of drug-likeness (QED) is 0.223. The van der Waals surface area contributed by atoms with Crippen LogP contribution in [-0.4, -0.2) is 104 Å². The lowest BCUT2D eigenvalue weighted by Crippen LogP contribution is -2.51. The van der Waals surface area contributed by atoms with E-state index in [2.05, 4.69) is 20.5 Å². The fourth-order valence-corrected chi connectivity index (χ4v) is 8.53. The molecule has 4 rings (SSSR count). The molecule has 0 bridgehead atoms. The smallest absolute Gasteiger partial charge is 0.407 e. The zero-order chi connectivity index (χ0) is 31.0. The number of nitrogens with zero attached hydrogens (tertiary/aromatic N) is 3. The molecule has 1 amide bonds. The molecule has 2 heterocycles. The van der Waals surface area contributed by atoms with Gasteiger partial charge in [0.1, 0.15) is 6.10 Å². The first-order valence-corrected chi connectivity index (χ1v) is 18.0. The van der Waals surface area contributed by atoms with Crippen LogP contribution < -0.4 is 10.6 Å². The molecule has 3 atom stereocenters. The third-order valence-corrected chi connectivity index (χ3v) is 11.0. The summed E-state index contributed by atoms with van der Waals surface area (Å²) in [4.78, 5) is 19.6. The van der Waals surface area contributed by atoms with Gasteiger partial charge >= 0.3 is 6.09 Å². The number of carbonyl (C=O) groups is 1. The predicted molar refractivity (Wildman–Crippen MR) is 176 cm³/mol. The van der Waals surface area contributed by atoms with Gasteiger partial charge in [-0.2, -0.15) is 16.1 Å². The zero-order valence-electron chi connectivity index (χ0n) is 25.2. The largest absolute Gasteiger partial charge is 0.445 e. The Balaban J connectivity index is 1.53. The Morgan fingerprint density at radius 3 is 2.60 bits per heavy atom. The van der Waals surface area contributed by atoms with Crippen LogP contribution in [0.25, 0.3) is 10.2 Å². The highest BCUT2D eigenvalue weighted by Gasteiger charge is 2.32. The van der Waals surface area contributed by atoms with Crippen molar-refractivity contribution in [2.45, 2.75) is 49.8 Å². The number of thiazole rings is 1. The number of benzene rings is 2. The molecule has 0 spiro atoms. The van der Waals surface area contributed by atoms with Crippen LogP contribution in [0.4, 0.5) is 9.93 Å². The molecule has 2 aromatic carbocycles. The van der Waals surface area contributed by atoms with Gasteiger partial charge in [0.25, 0.3) is 0 Å². The average Bonchev–Trinajstić information content (AvgIpc) is 3.61. The number of thioether (sulfide) groups is 1. The van der Waals surface area contributed by atoms with Gasteiger partial charge < -0.3 is 25.4 Å². The van der Waals surface area contributed by atoms with Gasteiger partial charge in [0.15, 0.2) is 5.13 Å². The molecule has 1 fully saturated rings. The second kappa shape index (κ2) is 15.5. The maximum Gasteiger partial charge on any atom is 0.407 e. The van der Waals surface area contributed by atoms with Gasteiger partial charge in [0.05, 0.1) is 27.3 Å². The summed E-state index contributed by atoms with van der Waals surface area (Å²) in [6, 6.07) is 13.7. The van der Waals surface area contributed by atoms with Crippen molar-refractivity contribution in [2.24, 2.45) is 5.92 Å². The number of anilines is 1. The molecule has 13 heteroatoms. The fraction of sp³-hybridized carbons (Fsp3) is 0.533. The SMILES string of the molecule is CC(C)CN(C[C@@H](O)[C@H](Cc1ccccc1)NC(=O)OC1CCSC1)S(=O)(=O)c1ccc2nc(NCCN(C)C)sc2c1. The Morgan fingerprint density at radius 2 is 1.93 bits per heavy atom.